The number of hydrogen-bond acceptors (Lipinski definition) is 18. The molecule has 2 amide bonds. The lowest BCUT2D eigenvalue weighted by Gasteiger charge is -2.42. The van der Waals surface area contributed by atoms with E-state index in [4.69, 9.17) is 45.8 Å². The monoisotopic (exact) mass is 896 g/mol. The fourth-order valence-electron chi connectivity index (χ4n) is 7.27. The number of anilines is 1. The van der Waals surface area contributed by atoms with Crippen LogP contribution in [0.15, 0.2) is 52.4 Å². The van der Waals surface area contributed by atoms with Crippen LogP contribution in [0.3, 0.4) is 0 Å². The normalized spacial score (nSPS) is 34.7. The molecule has 2 unspecified atom stereocenters. The van der Waals surface area contributed by atoms with Crippen molar-refractivity contribution in [3.8, 4) is 5.75 Å². The first-order valence-electron chi connectivity index (χ1n) is 19.8. The maximum absolute atomic E-state index is 13.6. The fourth-order valence-corrected chi connectivity index (χ4v) is 8.51. The van der Waals surface area contributed by atoms with Crippen molar-refractivity contribution in [3.05, 3.63) is 63.5 Å². The van der Waals surface area contributed by atoms with E-state index in [1.807, 2.05) is 38.1 Å². The SMILES string of the molecule is CCC/N=C1\S/C(=C\c2ccc(OC[C@H](O)COC3O[C@H](CO)[C@H](OC4C[C@@H](NC(C)=O)[C@@H](O)[C@H](O)[C@H]4O)[C@H]3O[C@@H]3O[C@H](O)[C@@H](N)[C@@H]3O)c(Cl)c2)C(=O)N1c1ccccc1C. The second-order valence-corrected chi connectivity index (χ2v) is 16.5. The maximum atomic E-state index is 13.6. The molecule has 14 atom stereocenters. The number of nitrogens with two attached hydrogens (primary N) is 1. The molecule has 336 valence electrons. The first-order valence-corrected chi connectivity index (χ1v) is 21.0. The molecule has 19 nitrogen and oxygen atoms in total. The minimum atomic E-state index is -1.73. The van der Waals surface area contributed by atoms with Gasteiger partial charge >= 0.3 is 0 Å². The van der Waals surface area contributed by atoms with E-state index in [1.54, 1.807) is 29.2 Å². The van der Waals surface area contributed by atoms with E-state index in [2.05, 4.69) is 10.3 Å². The van der Waals surface area contributed by atoms with Crippen molar-refractivity contribution in [2.75, 3.05) is 31.3 Å². The van der Waals surface area contributed by atoms with Crippen molar-refractivity contribution in [1.29, 1.82) is 0 Å². The van der Waals surface area contributed by atoms with Crippen molar-refractivity contribution >= 4 is 52.1 Å². The van der Waals surface area contributed by atoms with Crippen LogP contribution in [0.1, 0.15) is 37.8 Å². The van der Waals surface area contributed by atoms with Gasteiger partial charge in [-0.25, -0.2) is 0 Å². The molecule has 2 aromatic rings. The molecular formula is C40H53ClN4O15S. The zero-order valence-electron chi connectivity index (χ0n) is 33.6. The molecular weight excluding hydrogens is 844 g/mol. The van der Waals surface area contributed by atoms with Crippen molar-refractivity contribution < 1.29 is 73.8 Å². The molecule has 6 rings (SSSR count). The van der Waals surface area contributed by atoms with E-state index in [1.165, 1.54) is 18.7 Å². The van der Waals surface area contributed by atoms with Crippen LogP contribution in [0.25, 0.3) is 6.08 Å². The third-order valence-electron chi connectivity index (χ3n) is 10.5. The number of amidine groups is 1. The number of halogens is 1. The highest BCUT2D eigenvalue weighted by Gasteiger charge is 2.54. The van der Waals surface area contributed by atoms with Crippen LogP contribution in [-0.2, 0) is 33.3 Å². The molecule has 4 fully saturated rings. The topological polar surface area (TPSA) is 285 Å². The minimum Gasteiger partial charge on any atom is -0.489 e. The summed E-state index contributed by atoms with van der Waals surface area (Å²) in [5.41, 5.74) is 8.11. The van der Waals surface area contributed by atoms with E-state index in [0.29, 0.717) is 22.2 Å². The number of aliphatic hydroxyl groups is 7. The number of aliphatic imine (C=N–C) groups is 1. The van der Waals surface area contributed by atoms with Crippen LogP contribution in [-0.4, -0.2) is 165 Å². The number of amides is 2. The highest BCUT2D eigenvalue weighted by Crippen LogP contribution is 2.39. The van der Waals surface area contributed by atoms with Gasteiger partial charge in [-0.05, 0) is 66.9 Å². The lowest BCUT2D eigenvalue weighted by atomic mass is 9.85. The number of carbonyl (C=O) groups is 2. The molecule has 4 aliphatic rings. The number of thioether (sulfide) groups is 1. The van der Waals surface area contributed by atoms with Gasteiger partial charge in [-0.2, -0.15) is 0 Å². The summed E-state index contributed by atoms with van der Waals surface area (Å²) in [4.78, 5) is 32.1. The summed E-state index contributed by atoms with van der Waals surface area (Å²) < 4.78 is 35.0. The van der Waals surface area contributed by atoms with Crippen LogP contribution in [0.2, 0.25) is 5.02 Å². The molecule has 10 N–H and O–H groups in total. The molecule has 3 saturated heterocycles. The number of carbonyl (C=O) groups excluding carboxylic acids is 2. The van der Waals surface area contributed by atoms with Gasteiger partial charge in [-0.15, -0.1) is 0 Å². The maximum Gasteiger partial charge on any atom is 0.271 e. The average Bonchev–Trinajstić information content (AvgIpc) is 3.81. The first-order chi connectivity index (χ1) is 29.1. The van der Waals surface area contributed by atoms with E-state index in [-0.39, 0.29) is 29.7 Å². The Balaban J connectivity index is 1.11. The number of hydrogen-bond donors (Lipinski definition) is 9. The molecule has 0 bridgehead atoms. The van der Waals surface area contributed by atoms with Gasteiger partial charge in [0.05, 0.1) is 47.0 Å². The van der Waals surface area contributed by atoms with Crippen molar-refractivity contribution in [3.63, 3.8) is 0 Å². The second kappa shape index (κ2) is 20.9. The number of para-hydroxylation sites is 1. The lowest BCUT2D eigenvalue weighted by molar-refractivity contribution is -0.270. The van der Waals surface area contributed by atoms with Crippen LogP contribution in [0.5, 0.6) is 5.75 Å². The molecule has 21 heteroatoms. The highest BCUT2D eigenvalue weighted by atomic mass is 35.5. The highest BCUT2D eigenvalue weighted by molar-refractivity contribution is 8.19. The minimum absolute atomic E-state index is 0.173. The van der Waals surface area contributed by atoms with Gasteiger partial charge in [0.25, 0.3) is 5.91 Å². The smallest absolute Gasteiger partial charge is 0.271 e. The predicted molar refractivity (Wildman–Crippen MR) is 220 cm³/mol. The summed E-state index contributed by atoms with van der Waals surface area (Å²) in [6.45, 7) is 4.29. The first kappa shape index (κ1) is 47.2. The number of nitrogens with one attached hydrogen (secondary N) is 1. The summed E-state index contributed by atoms with van der Waals surface area (Å²) in [7, 11) is 0. The second-order valence-electron chi connectivity index (χ2n) is 15.1. The predicted octanol–water partition coefficient (Wildman–Crippen LogP) is -0.498. The zero-order chi connectivity index (χ0) is 44.1. The van der Waals surface area contributed by atoms with Crippen LogP contribution < -0.4 is 20.7 Å². The Morgan fingerprint density at radius 2 is 1.80 bits per heavy atom. The Morgan fingerprint density at radius 3 is 2.46 bits per heavy atom. The number of rotatable bonds is 16. The standard InChI is InChI=1S/C40H53ClN4O15S/c1-4-11-43-40-45(24-8-6-5-7-18(24)2)36(53)28(61-40)13-20-9-10-25(22(41)12-20)55-16-21(48)17-56-39-35(59-38-32(51)29(42)37(54)60-38)34(27(15-46)58-39)57-26-14-23(44-19(3)47)30(49)33(52)31(26)50/h5-10,12-13,21,23,26-27,29-35,37-39,46,48-52,54H,4,11,14-17,42H2,1-3H3,(H,44,47)/b28-13-,43-40-/t21-,23+,26?,27+,29-,30+,31-,32-,33-,34-,35+,37-,38+,39?/m0/s1. The summed E-state index contributed by atoms with van der Waals surface area (Å²) in [5.74, 6) is -0.496. The quantitative estimate of drug-likeness (QED) is 0.0961. The Bertz CT molecular complexity index is 1910. The largest absolute Gasteiger partial charge is 0.489 e. The number of aliphatic hydroxyl groups excluding tert-OH is 7. The molecule has 61 heavy (non-hydrogen) atoms. The van der Waals surface area contributed by atoms with Gasteiger partial charge < -0.3 is 75.2 Å². The van der Waals surface area contributed by atoms with Gasteiger partial charge in [0.2, 0.25) is 5.91 Å². The number of nitrogens with zero attached hydrogens (tertiary/aromatic N) is 2. The van der Waals surface area contributed by atoms with Gasteiger partial charge in [-0.3, -0.25) is 19.5 Å². The average molecular weight is 897 g/mol. The summed E-state index contributed by atoms with van der Waals surface area (Å²) >= 11 is 7.86. The fraction of sp³-hybridized carbons (Fsp3) is 0.575. The number of benzene rings is 2. The molecule has 1 saturated carbocycles. The van der Waals surface area contributed by atoms with E-state index >= 15 is 0 Å². The van der Waals surface area contributed by atoms with Crippen molar-refractivity contribution in [2.24, 2.45) is 10.7 Å². The van der Waals surface area contributed by atoms with Crippen LogP contribution >= 0.6 is 23.4 Å². The van der Waals surface area contributed by atoms with Crippen molar-refractivity contribution in [2.45, 2.75) is 120 Å². The van der Waals surface area contributed by atoms with Gasteiger partial charge in [0.15, 0.2) is 24.0 Å². The molecule has 2 aromatic carbocycles. The Morgan fingerprint density at radius 1 is 1.05 bits per heavy atom. The molecule has 3 heterocycles. The van der Waals surface area contributed by atoms with Crippen LogP contribution in [0, 0.1) is 6.92 Å². The Hall–Kier alpha value is -3.29. The van der Waals surface area contributed by atoms with Gasteiger partial charge in [0.1, 0.15) is 61.2 Å². The Labute approximate surface area is 361 Å². The molecule has 0 radical (unpaired) electrons. The van der Waals surface area contributed by atoms with Gasteiger partial charge in [-0.1, -0.05) is 42.8 Å². The lowest BCUT2D eigenvalue weighted by Crippen LogP contribution is -2.62. The number of aryl methyl sites for hydroxylation is 1. The van der Waals surface area contributed by atoms with E-state index < -0.39 is 105 Å². The molecule has 3 aliphatic heterocycles. The zero-order valence-corrected chi connectivity index (χ0v) is 35.2. The van der Waals surface area contributed by atoms with Crippen molar-refractivity contribution in [1.82, 2.24) is 5.32 Å². The summed E-state index contributed by atoms with van der Waals surface area (Å²) in [5, 5.41) is 77.1. The van der Waals surface area contributed by atoms with E-state index in [0.717, 1.165) is 17.7 Å². The van der Waals surface area contributed by atoms with Gasteiger partial charge in [0, 0.05) is 13.5 Å². The number of ether oxygens (including phenoxy) is 6. The summed E-state index contributed by atoms with van der Waals surface area (Å²) in [6.07, 6.45) is -15.1. The molecule has 0 spiro atoms. The molecule has 1 aliphatic carbocycles. The van der Waals surface area contributed by atoms with Crippen LogP contribution in [0.4, 0.5) is 5.69 Å². The third kappa shape index (κ3) is 10.9. The molecule has 0 aromatic heterocycles. The Kier molecular flexibility index (Phi) is 16.2. The summed E-state index contributed by atoms with van der Waals surface area (Å²) in [6, 6.07) is 10.2. The van der Waals surface area contributed by atoms with E-state index in [9.17, 15) is 45.3 Å². The third-order valence-corrected chi connectivity index (χ3v) is 11.8.